The highest BCUT2D eigenvalue weighted by Crippen LogP contribution is 2.19. The van der Waals surface area contributed by atoms with Gasteiger partial charge >= 0.3 is 0 Å². The van der Waals surface area contributed by atoms with Gasteiger partial charge in [0.2, 0.25) is 5.91 Å². The maximum absolute atomic E-state index is 11.9. The number of piperidine rings is 1. The summed E-state index contributed by atoms with van der Waals surface area (Å²) in [6.07, 6.45) is 4.40. The summed E-state index contributed by atoms with van der Waals surface area (Å²) in [5.74, 6) is 0.886. The van der Waals surface area contributed by atoms with E-state index in [9.17, 15) is 4.79 Å². The van der Waals surface area contributed by atoms with Crippen LogP contribution in [0, 0.1) is 5.92 Å². The number of carbonyl (C=O) groups is 1. The molecular weight excluding hydrogens is 250 g/mol. The normalized spacial score (nSPS) is 19.8. The predicted molar refractivity (Wildman–Crippen MR) is 83.6 cm³/mol. The Morgan fingerprint density at radius 1 is 1.40 bits per heavy atom. The minimum Gasteiger partial charge on any atom is -0.399 e. The molecule has 1 heterocycles. The molecule has 2 rings (SSSR count). The van der Waals surface area contributed by atoms with Crippen molar-refractivity contribution in [2.45, 2.75) is 32.6 Å². The van der Waals surface area contributed by atoms with E-state index >= 15 is 0 Å². The van der Waals surface area contributed by atoms with Gasteiger partial charge in [-0.2, -0.15) is 0 Å². The van der Waals surface area contributed by atoms with Crippen molar-refractivity contribution < 1.29 is 4.79 Å². The monoisotopic (exact) mass is 275 g/mol. The van der Waals surface area contributed by atoms with E-state index in [2.05, 4.69) is 17.1 Å². The van der Waals surface area contributed by atoms with Crippen LogP contribution in [0.25, 0.3) is 0 Å². The zero-order valence-electron chi connectivity index (χ0n) is 12.3. The van der Waals surface area contributed by atoms with Crippen molar-refractivity contribution in [3.8, 4) is 0 Å². The molecule has 1 unspecified atom stereocenters. The number of hydrogen-bond donors (Lipinski definition) is 2. The van der Waals surface area contributed by atoms with E-state index < -0.39 is 0 Å². The summed E-state index contributed by atoms with van der Waals surface area (Å²) in [4.78, 5) is 14.3. The smallest absolute Gasteiger partial charge is 0.225 e. The van der Waals surface area contributed by atoms with Gasteiger partial charge in [0, 0.05) is 30.9 Å². The average Bonchev–Trinajstić information content (AvgIpc) is 2.48. The van der Waals surface area contributed by atoms with E-state index in [1.165, 1.54) is 19.3 Å². The highest BCUT2D eigenvalue weighted by Gasteiger charge is 2.18. The van der Waals surface area contributed by atoms with Gasteiger partial charge in [-0.1, -0.05) is 13.3 Å². The van der Waals surface area contributed by atoms with E-state index in [1.807, 2.05) is 12.1 Å². The average molecular weight is 275 g/mol. The van der Waals surface area contributed by atoms with Gasteiger partial charge in [0.05, 0.1) is 0 Å². The molecule has 0 spiro atoms. The molecule has 0 aromatic heterocycles. The minimum absolute atomic E-state index is 0.0772. The largest absolute Gasteiger partial charge is 0.399 e. The van der Waals surface area contributed by atoms with Crippen molar-refractivity contribution >= 4 is 17.3 Å². The first-order chi connectivity index (χ1) is 9.67. The lowest BCUT2D eigenvalue weighted by Gasteiger charge is -2.31. The molecule has 1 fully saturated rings. The molecule has 20 heavy (non-hydrogen) atoms. The van der Waals surface area contributed by atoms with Crippen molar-refractivity contribution in [3.63, 3.8) is 0 Å². The second-order valence-corrected chi connectivity index (χ2v) is 5.64. The molecule has 1 atom stereocenters. The van der Waals surface area contributed by atoms with Crippen molar-refractivity contribution in [3.05, 3.63) is 24.3 Å². The molecule has 4 nitrogen and oxygen atoms in total. The fourth-order valence-electron chi connectivity index (χ4n) is 2.74. The van der Waals surface area contributed by atoms with E-state index in [0.717, 1.165) is 31.2 Å². The number of amides is 1. The Kier molecular flexibility index (Phi) is 5.41. The fourth-order valence-corrected chi connectivity index (χ4v) is 2.74. The van der Waals surface area contributed by atoms with E-state index in [4.69, 9.17) is 5.73 Å². The lowest BCUT2D eigenvalue weighted by Crippen LogP contribution is -2.37. The molecule has 0 saturated carbocycles. The Morgan fingerprint density at radius 2 is 2.15 bits per heavy atom. The molecule has 1 aliphatic rings. The first-order valence-electron chi connectivity index (χ1n) is 7.55. The van der Waals surface area contributed by atoms with Gasteiger partial charge in [-0.3, -0.25) is 4.79 Å². The molecular formula is C16H25N3O. The Morgan fingerprint density at radius 3 is 2.85 bits per heavy atom. The maximum atomic E-state index is 11.9. The molecule has 1 aromatic rings. The highest BCUT2D eigenvalue weighted by atomic mass is 16.1. The van der Waals surface area contributed by atoms with Crippen LogP contribution >= 0.6 is 0 Å². The Bertz CT molecular complexity index is 430. The Labute approximate surface area is 121 Å². The Hall–Kier alpha value is -1.55. The topological polar surface area (TPSA) is 58.4 Å². The molecule has 4 heteroatoms. The first-order valence-corrected chi connectivity index (χ1v) is 7.55. The number of benzene rings is 1. The SMILES string of the molecule is CCC1CCCN(CCC(=O)Nc2ccc(N)cc2)C1. The van der Waals surface area contributed by atoms with Gasteiger partial charge < -0.3 is 16.0 Å². The molecule has 0 radical (unpaired) electrons. The molecule has 0 aliphatic carbocycles. The summed E-state index contributed by atoms with van der Waals surface area (Å²) in [7, 11) is 0. The number of nitrogens with two attached hydrogens (primary N) is 1. The van der Waals surface area contributed by atoms with Crippen molar-refractivity contribution in [1.29, 1.82) is 0 Å². The summed E-state index contributed by atoms with van der Waals surface area (Å²) in [5, 5.41) is 2.91. The van der Waals surface area contributed by atoms with Gasteiger partial charge in [0.1, 0.15) is 0 Å². The van der Waals surface area contributed by atoms with Crippen LogP contribution < -0.4 is 11.1 Å². The van der Waals surface area contributed by atoms with Crippen LogP contribution in [0.3, 0.4) is 0 Å². The fraction of sp³-hybridized carbons (Fsp3) is 0.562. The molecule has 1 amide bonds. The standard InChI is InChI=1S/C16H25N3O/c1-2-13-4-3-10-19(12-13)11-9-16(20)18-15-7-5-14(17)6-8-15/h5-8,13H,2-4,9-12,17H2,1H3,(H,18,20). The van der Waals surface area contributed by atoms with Crippen molar-refractivity contribution in [2.75, 3.05) is 30.7 Å². The van der Waals surface area contributed by atoms with Crippen molar-refractivity contribution in [1.82, 2.24) is 4.90 Å². The van der Waals surface area contributed by atoms with Gasteiger partial charge in [0.25, 0.3) is 0 Å². The zero-order chi connectivity index (χ0) is 14.4. The van der Waals surface area contributed by atoms with Crippen molar-refractivity contribution in [2.24, 2.45) is 5.92 Å². The summed E-state index contributed by atoms with van der Waals surface area (Å²) < 4.78 is 0. The van der Waals surface area contributed by atoms with Crippen LogP contribution in [-0.2, 0) is 4.79 Å². The number of nitrogens with one attached hydrogen (secondary N) is 1. The van der Waals surface area contributed by atoms with Crippen LogP contribution in [0.1, 0.15) is 32.6 Å². The van der Waals surface area contributed by atoms with Gasteiger partial charge in [-0.05, 0) is 49.6 Å². The van der Waals surface area contributed by atoms with Gasteiger partial charge in [-0.25, -0.2) is 0 Å². The van der Waals surface area contributed by atoms with Gasteiger partial charge in [-0.15, -0.1) is 0 Å². The summed E-state index contributed by atoms with van der Waals surface area (Å²) in [5.41, 5.74) is 7.14. The maximum Gasteiger partial charge on any atom is 0.225 e. The molecule has 0 bridgehead atoms. The minimum atomic E-state index is 0.0772. The van der Waals surface area contributed by atoms with E-state index in [0.29, 0.717) is 12.1 Å². The second kappa shape index (κ2) is 7.29. The molecule has 1 saturated heterocycles. The molecule has 1 aromatic carbocycles. The second-order valence-electron chi connectivity index (χ2n) is 5.64. The zero-order valence-corrected chi connectivity index (χ0v) is 12.3. The quantitative estimate of drug-likeness (QED) is 0.812. The number of nitrogen functional groups attached to an aromatic ring is 1. The number of nitrogens with zero attached hydrogens (tertiary/aromatic N) is 1. The number of anilines is 2. The lowest BCUT2D eigenvalue weighted by molar-refractivity contribution is -0.116. The molecule has 1 aliphatic heterocycles. The number of hydrogen-bond acceptors (Lipinski definition) is 3. The number of carbonyl (C=O) groups excluding carboxylic acids is 1. The lowest BCUT2D eigenvalue weighted by atomic mass is 9.95. The third-order valence-electron chi connectivity index (χ3n) is 4.03. The highest BCUT2D eigenvalue weighted by molar-refractivity contribution is 5.90. The predicted octanol–water partition coefficient (Wildman–Crippen LogP) is 2.72. The summed E-state index contributed by atoms with van der Waals surface area (Å²) >= 11 is 0. The van der Waals surface area contributed by atoms with E-state index in [1.54, 1.807) is 12.1 Å². The third-order valence-corrected chi connectivity index (χ3v) is 4.03. The first kappa shape index (κ1) is 14.9. The third kappa shape index (κ3) is 4.53. The van der Waals surface area contributed by atoms with Crippen LogP contribution in [-0.4, -0.2) is 30.4 Å². The summed E-state index contributed by atoms with van der Waals surface area (Å²) in [6, 6.07) is 7.26. The van der Waals surface area contributed by atoms with Crippen LogP contribution in [0.4, 0.5) is 11.4 Å². The van der Waals surface area contributed by atoms with Crippen LogP contribution in [0.15, 0.2) is 24.3 Å². The van der Waals surface area contributed by atoms with Crippen LogP contribution in [0.5, 0.6) is 0 Å². The summed E-state index contributed by atoms with van der Waals surface area (Å²) in [6.45, 7) is 5.39. The number of likely N-dealkylation sites (tertiary alicyclic amines) is 1. The van der Waals surface area contributed by atoms with E-state index in [-0.39, 0.29) is 5.91 Å². The Balaban J connectivity index is 1.73. The molecule has 3 N–H and O–H groups in total. The number of rotatable bonds is 5. The van der Waals surface area contributed by atoms with Gasteiger partial charge in [0.15, 0.2) is 0 Å². The molecule has 110 valence electrons. The van der Waals surface area contributed by atoms with Crippen LogP contribution in [0.2, 0.25) is 0 Å².